The Balaban J connectivity index is 1.32. The SMILES string of the molecule is Cc1cccc(N2CCCN3C4C(=O)N(CC(=O)OCc5ccccc5)C(=O)N(C)C4NC23)c1. The molecule has 5 rings (SSSR count). The molecule has 0 aromatic heterocycles. The van der Waals surface area contributed by atoms with Crippen LogP contribution in [0, 0.1) is 6.92 Å². The van der Waals surface area contributed by atoms with Crippen LogP contribution >= 0.6 is 0 Å². The van der Waals surface area contributed by atoms with E-state index in [1.807, 2.05) is 36.4 Å². The monoisotopic (exact) mass is 463 g/mol. The Bertz CT molecular complexity index is 1090. The quantitative estimate of drug-likeness (QED) is 0.676. The van der Waals surface area contributed by atoms with Crippen LogP contribution in [0.4, 0.5) is 10.5 Å². The summed E-state index contributed by atoms with van der Waals surface area (Å²) in [4.78, 5) is 45.9. The van der Waals surface area contributed by atoms with E-state index in [0.29, 0.717) is 0 Å². The lowest BCUT2D eigenvalue weighted by molar-refractivity contribution is -0.152. The number of nitrogens with zero attached hydrogens (tertiary/aromatic N) is 4. The van der Waals surface area contributed by atoms with Gasteiger partial charge in [0.2, 0.25) is 0 Å². The molecule has 0 bridgehead atoms. The number of ether oxygens (including phenoxy) is 1. The molecule has 3 aliphatic heterocycles. The van der Waals surface area contributed by atoms with E-state index in [-0.39, 0.29) is 18.8 Å². The summed E-state index contributed by atoms with van der Waals surface area (Å²) in [6, 6.07) is 16.5. The zero-order chi connectivity index (χ0) is 23.8. The van der Waals surface area contributed by atoms with E-state index in [4.69, 9.17) is 4.74 Å². The molecule has 178 valence electrons. The van der Waals surface area contributed by atoms with Crippen molar-refractivity contribution in [2.24, 2.45) is 0 Å². The number of hydrogen-bond donors (Lipinski definition) is 1. The van der Waals surface area contributed by atoms with E-state index in [0.717, 1.165) is 41.2 Å². The van der Waals surface area contributed by atoms with Gasteiger partial charge in [0, 0.05) is 25.8 Å². The van der Waals surface area contributed by atoms with Crippen LogP contribution in [0.5, 0.6) is 0 Å². The topological polar surface area (TPSA) is 85.4 Å². The maximum Gasteiger partial charge on any atom is 0.328 e. The van der Waals surface area contributed by atoms with Gasteiger partial charge in [0.05, 0.1) is 0 Å². The molecular weight excluding hydrogens is 434 g/mol. The number of benzene rings is 2. The molecule has 0 radical (unpaired) electrons. The van der Waals surface area contributed by atoms with E-state index in [1.165, 1.54) is 4.90 Å². The van der Waals surface area contributed by atoms with Gasteiger partial charge in [-0.15, -0.1) is 0 Å². The van der Waals surface area contributed by atoms with Crippen LogP contribution < -0.4 is 10.2 Å². The van der Waals surface area contributed by atoms with Crippen LogP contribution in [0.3, 0.4) is 0 Å². The summed E-state index contributed by atoms with van der Waals surface area (Å²) < 4.78 is 5.33. The molecule has 0 saturated carbocycles. The second-order valence-corrected chi connectivity index (χ2v) is 9.02. The molecule has 3 fully saturated rings. The number of hydrogen-bond acceptors (Lipinski definition) is 7. The first-order valence-corrected chi connectivity index (χ1v) is 11.6. The van der Waals surface area contributed by atoms with Gasteiger partial charge in [0.1, 0.15) is 31.6 Å². The summed E-state index contributed by atoms with van der Waals surface area (Å²) >= 11 is 0. The smallest absolute Gasteiger partial charge is 0.328 e. The first kappa shape index (κ1) is 22.4. The number of anilines is 1. The highest BCUT2D eigenvalue weighted by molar-refractivity contribution is 6.02. The fourth-order valence-electron chi connectivity index (χ4n) is 5.05. The highest BCUT2D eigenvalue weighted by Crippen LogP contribution is 2.33. The minimum absolute atomic E-state index is 0.0962. The third-order valence-electron chi connectivity index (χ3n) is 6.73. The van der Waals surface area contributed by atoms with Crippen LogP contribution in [0.1, 0.15) is 17.5 Å². The summed E-state index contributed by atoms with van der Waals surface area (Å²) in [5.74, 6) is -0.981. The number of nitrogens with one attached hydrogen (secondary N) is 1. The molecule has 3 atom stereocenters. The number of aryl methyl sites for hydroxylation is 1. The van der Waals surface area contributed by atoms with Crippen molar-refractivity contribution in [1.29, 1.82) is 0 Å². The van der Waals surface area contributed by atoms with Crippen LogP contribution in [-0.2, 0) is 20.9 Å². The molecule has 2 aromatic rings. The number of urea groups is 1. The number of amides is 3. The molecule has 0 spiro atoms. The lowest BCUT2D eigenvalue weighted by Gasteiger charge is -2.43. The molecule has 3 unspecified atom stereocenters. The normalized spacial score (nSPS) is 24.8. The Kier molecular flexibility index (Phi) is 5.97. The number of imide groups is 1. The minimum atomic E-state index is -0.611. The van der Waals surface area contributed by atoms with Crippen molar-refractivity contribution >= 4 is 23.6 Å². The lowest BCUT2D eigenvalue weighted by Crippen LogP contribution is -2.67. The van der Waals surface area contributed by atoms with Crippen molar-refractivity contribution < 1.29 is 19.1 Å². The van der Waals surface area contributed by atoms with Gasteiger partial charge in [-0.3, -0.25) is 24.7 Å². The Morgan fingerprint density at radius 1 is 1.09 bits per heavy atom. The average Bonchev–Trinajstić information content (AvgIpc) is 3.25. The number of likely N-dealkylation sites (N-methyl/N-ethyl adjacent to an activating group) is 1. The first-order valence-electron chi connectivity index (χ1n) is 11.6. The maximum atomic E-state index is 13.5. The van der Waals surface area contributed by atoms with Crippen molar-refractivity contribution in [2.75, 3.05) is 31.6 Å². The Morgan fingerprint density at radius 3 is 2.65 bits per heavy atom. The summed E-state index contributed by atoms with van der Waals surface area (Å²) in [5.41, 5.74) is 3.08. The van der Waals surface area contributed by atoms with E-state index in [2.05, 4.69) is 40.2 Å². The predicted octanol–water partition coefficient (Wildman–Crippen LogP) is 1.73. The molecule has 3 aliphatic rings. The largest absolute Gasteiger partial charge is 0.459 e. The zero-order valence-corrected chi connectivity index (χ0v) is 19.4. The molecule has 0 aliphatic carbocycles. The molecule has 9 nitrogen and oxygen atoms in total. The Morgan fingerprint density at radius 2 is 1.88 bits per heavy atom. The Hall–Kier alpha value is -3.43. The summed E-state index contributed by atoms with van der Waals surface area (Å²) in [7, 11) is 1.66. The van der Waals surface area contributed by atoms with Crippen molar-refractivity contribution in [3.8, 4) is 0 Å². The van der Waals surface area contributed by atoms with Gasteiger partial charge in [-0.1, -0.05) is 42.5 Å². The number of carbonyl (C=O) groups excluding carboxylic acids is 3. The van der Waals surface area contributed by atoms with E-state index in [9.17, 15) is 14.4 Å². The molecule has 1 N–H and O–H groups in total. The van der Waals surface area contributed by atoms with Gasteiger partial charge < -0.3 is 14.5 Å². The van der Waals surface area contributed by atoms with Crippen molar-refractivity contribution in [3.63, 3.8) is 0 Å². The highest BCUT2D eigenvalue weighted by atomic mass is 16.5. The van der Waals surface area contributed by atoms with Crippen LogP contribution in [-0.4, -0.2) is 77.8 Å². The minimum Gasteiger partial charge on any atom is -0.459 e. The van der Waals surface area contributed by atoms with Gasteiger partial charge in [0.15, 0.2) is 0 Å². The molecule has 34 heavy (non-hydrogen) atoms. The number of fused-ring (bicyclic) bond motifs is 3. The van der Waals surface area contributed by atoms with Crippen molar-refractivity contribution in [1.82, 2.24) is 20.0 Å². The maximum absolute atomic E-state index is 13.5. The second-order valence-electron chi connectivity index (χ2n) is 9.02. The van der Waals surface area contributed by atoms with Gasteiger partial charge in [-0.25, -0.2) is 4.79 Å². The molecule has 3 amide bonds. The number of carbonyl (C=O) groups is 3. The molecule has 2 aromatic carbocycles. The highest BCUT2D eigenvalue weighted by Gasteiger charge is 2.56. The van der Waals surface area contributed by atoms with Gasteiger partial charge in [-0.05, 0) is 36.6 Å². The summed E-state index contributed by atoms with van der Waals surface area (Å²) in [6.45, 7) is 3.31. The number of esters is 1. The van der Waals surface area contributed by atoms with E-state index < -0.39 is 30.8 Å². The molecule has 3 saturated heterocycles. The van der Waals surface area contributed by atoms with Crippen LogP contribution in [0.2, 0.25) is 0 Å². The van der Waals surface area contributed by atoms with Crippen LogP contribution in [0.25, 0.3) is 0 Å². The van der Waals surface area contributed by atoms with Gasteiger partial charge >= 0.3 is 12.0 Å². The fourth-order valence-corrected chi connectivity index (χ4v) is 5.05. The standard InChI is InChI=1S/C25H29N5O4/c1-17-8-6-11-19(14-17)28-12-7-13-29-21-22(26-24(28)29)27(2)25(33)30(23(21)32)15-20(31)34-16-18-9-4-3-5-10-18/h3-6,8-11,14,21-22,24,26H,7,12-13,15-16H2,1-2H3. The summed E-state index contributed by atoms with van der Waals surface area (Å²) in [5, 5.41) is 3.49. The molecule has 9 heteroatoms. The third-order valence-corrected chi connectivity index (χ3v) is 6.73. The van der Waals surface area contributed by atoms with Crippen molar-refractivity contribution in [2.45, 2.75) is 38.4 Å². The lowest BCUT2D eigenvalue weighted by atomic mass is 10.1. The molecular formula is C25H29N5O4. The summed E-state index contributed by atoms with van der Waals surface area (Å²) in [6.07, 6.45) is 0.209. The third kappa shape index (κ3) is 4.01. The molecule has 3 heterocycles. The first-order chi connectivity index (χ1) is 16.4. The van der Waals surface area contributed by atoms with Crippen molar-refractivity contribution in [3.05, 3.63) is 65.7 Å². The Labute approximate surface area is 198 Å². The predicted molar refractivity (Wildman–Crippen MR) is 125 cm³/mol. The average molecular weight is 464 g/mol. The van der Waals surface area contributed by atoms with Gasteiger partial charge in [-0.2, -0.15) is 0 Å². The van der Waals surface area contributed by atoms with E-state index in [1.54, 1.807) is 7.05 Å². The van der Waals surface area contributed by atoms with E-state index >= 15 is 0 Å². The second kappa shape index (κ2) is 9.08. The zero-order valence-electron chi connectivity index (χ0n) is 19.4. The van der Waals surface area contributed by atoms with Gasteiger partial charge in [0.25, 0.3) is 5.91 Å². The number of rotatable bonds is 5. The fraction of sp³-hybridized carbons (Fsp3) is 0.400. The van der Waals surface area contributed by atoms with Crippen LogP contribution in [0.15, 0.2) is 54.6 Å².